The summed E-state index contributed by atoms with van der Waals surface area (Å²) in [7, 11) is 0. The maximum atomic E-state index is 9.25. The molecule has 0 aromatic heterocycles. The molecule has 2 aliphatic carbocycles. The summed E-state index contributed by atoms with van der Waals surface area (Å²) >= 11 is 0. The van der Waals surface area contributed by atoms with Gasteiger partial charge in [-0.2, -0.15) is 5.26 Å². The molecule has 3 aliphatic rings. The number of likely N-dealkylation sites (tertiary alicyclic amines) is 1. The number of hydrogen-bond donors (Lipinski definition) is 0. The molecule has 2 nitrogen and oxygen atoms in total. The molecule has 4 unspecified atom stereocenters. The lowest BCUT2D eigenvalue weighted by molar-refractivity contribution is 0.146. The van der Waals surface area contributed by atoms with E-state index in [1.54, 1.807) is 0 Å². The first-order valence-corrected chi connectivity index (χ1v) is 7.02. The standard InChI is InChI=1S/C14H22N2/c15-8-11-4-1-2-7-14(11)16-9-12-5-3-6-13(12)10-16/h11-14H,1-7,9-10H2. The number of hydrogen-bond acceptors (Lipinski definition) is 2. The van der Waals surface area contributed by atoms with E-state index in [-0.39, 0.29) is 0 Å². The summed E-state index contributed by atoms with van der Waals surface area (Å²) in [4.78, 5) is 2.67. The van der Waals surface area contributed by atoms with Crippen LogP contribution in [0.4, 0.5) is 0 Å². The normalized spacial score (nSPS) is 44.2. The highest BCUT2D eigenvalue weighted by Gasteiger charge is 2.41. The first-order chi connectivity index (χ1) is 7.88. The molecule has 3 fully saturated rings. The van der Waals surface area contributed by atoms with Gasteiger partial charge in [0.15, 0.2) is 0 Å². The summed E-state index contributed by atoms with van der Waals surface area (Å²) in [5.74, 6) is 2.27. The van der Waals surface area contributed by atoms with Gasteiger partial charge in [-0.1, -0.05) is 19.3 Å². The Balaban J connectivity index is 1.66. The third-order valence-electron chi connectivity index (χ3n) is 5.12. The molecule has 0 aromatic carbocycles. The Labute approximate surface area is 98.6 Å². The van der Waals surface area contributed by atoms with E-state index in [2.05, 4.69) is 11.0 Å². The van der Waals surface area contributed by atoms with Crippen LogP contribution in [0.2, 0.25) is 0 Å². The largest absolute Gasteiger partial charge is 0.299 e. The Hall–Kier alpha value is -0.550. The number of fused-ring (bicyclic) bond motifs is 1. The third kappa shape index (κ3) is 1.76. The van der Waals surface area contributed by atoms with Crippen molar-refractivity contribution in [1.82, 2.24) is 4.90 Å². The monoisotopic (exact) mass is 218 g/mol. The second-order valence-electron chi connectivity index (χ2n) is 5.99. The molecule has 1 heterocycles. The number of rotatable bonds is 1. The predicted octanol–water partition coefficient (Wildman–Crippen LogP) is 2.80. The van der Waals surface area contributed by atoms with E-state index in [1.807, 2.05) is 0 Å². The molecule has 3 rings (SSSR count). The maximum Gasteiger partial charge on any atom is 0.0672 e. The van der Waals surface area contributed by atoms with Crippen LogP contribution >= 0.6 is 0 Å². The van der Waals surface area contributed by atoms with Crippen molar-refractivity contribution in [3.8, 4) is 6.07 Å². The maximum absolute atomic E-state index is 9.25. The Bertz CT molecular complexity index is 282. The zero-order valence-corrected chi connectivity index (χ0v) is 10.1. The van der Waals surface area contributed by atoms with E-state index < -0.39 is 0 Å². The fraction of sp³-hybridized carbons (Fsp3) is 0.929. The zero-order valence-electron chi connectivity index (χ0n) is 10.1. The van der Waals surface area contributed by atoms with Gasteiger partial charge in [-0.25, -0.2) is 0 Å². The van der Waals surface area contributed by atoms with Crippen LogP contribution in [0.25, 0.3) is 0 Å². The van der Waals surface area contributed by atoms with Crippen LogP contribution in [0, 0.1) is 29.1 Å². The van der Waals surface area contributed by atoms with Gasteiger partial charge >= 0.3 is 0 Å². The minimum absolute atomic E-state index is 0.326. The summed E-state index contributed by atoms with van der Waals surface area (Å²) in [6, 6.07) is 3.16. The summed E-state index contributed by atoms with van der Waals surface area (Å²) in [6.07, 6.45) is 9.39. The lowest BCUT2D eigenvalue weighted by atomic mass is 9.84. The van der Waals surface area contributed by atoms with Crippen LogP contribution in [-0.2, 0) is 0 Å². The molecule has 0 N–H and O–H groups in total. The van der Waals surface area contributed by atoms with Gasteiger partial charge in [0.25, 0.3) is 0 Å². The average Bonchev–Trinajstić information content (AvgIpc) is 2.89. The molecule has 0 spiro atoms. The van der Waals surface area contributed by atoms with Gasteiger partial charge in [0.05, 0.1) is 12.0 Å². The highest BCUT2D eigenvalue weighted by atomic mass is 15.2. The zero-order chi connectivity index (χ0) is 11.0. The fourth-order valence-corrected chi connectivity index (χ4v) is 4.24. The molecular weight excluding hydrogens is 196 g/mol. The minimum atomic E-state index is 0.326. The van der Waals surface area contributed by atoms with Crippen LogP contribution in [0.1, 0.15) is 44.9 Å². The summed E-state index contributed by atoms with van der Waals surface area (Å²) in [5.41, 5.74) is 0. The van der Waals surface area contributed by atoms with E-state index in [0.717, 1.165) is 18.3 Å². The number of nitrogens with zero attached hydrogens (tertiary/aromatic N) is 2. The van der Waals surface area contributed by atoms with Gasteiger partial charge in [-0.05, 0) is 37.5 Å². The van der Waals surface area contributed by atoms with Crippen molar-refractivity contribution >= 4 is 0 Å². The van der Waals surface area contributed by atoms with E-state index in [0.29, 0.717) is 12.0 Å². The van der Waals surface area contributed by atoms with Crippen molar-refractivity contribution in [2.75, 3.05) is 13.1 Å². The van der Waals surface area contributed by atoms with Crippen LogP contribution in [0.3, 0.4) is 0 Å². The lowest BCUT2D eigenvalue weighted by Crippen LogP contribution is -2.41. The molecular formula is C14H22N2. The van der Waals surface area contributed by atoms with Crippen LogP contribution < -0.4 is 0 Å². The molecule has 2 heteroatoms. The van der Waals surface area contributed by atoms with Gasteiger partial charge in [-0.3, -0.25) is 4.90 Å². The SMILES string of the molecule is N#CC1CCCCC1N1CC2CCCC2C1. The Morgan fingerprint density at radius 2 is 1.56 bits per heavy atom. The third-order valence-corrected chi connectivity index (χ3v) is 5.12. The van der Waals surface area contributed by atoms with Crippen molar-refractivity contribution in [3.05, 3.63) is 0 Å². The molecule has 1 aliphatic heterocycles. The van der Waals surface area contributed by atoms with E-state index >= 15 is 0 Å². The van der Waals surface area contributed by atoms with Crippen molar-refractivity contribution in [1.29, 1.82) is 5.26 Å². The minimum Gasteiger partial charge on any atom is -0.299 e. The average molecular weight is 218 g/mol. The quantitative estimate of drug-likeness (QED) is 0.676. The van der Waals surface area contributed by atoms with Crippen molar-refractivity contribution < 1.29 is 0 Å². The van der Waals surface area contributed by atoms with Crippen molar-refractivity contribution in [2.45, 2.75) is 51.0 Å². The second kappa shape index (κ2) is 4.37. The summed E-state index contributed by atoms with van der Waals surface area (Å²) in [6.45, 7) is 2.60. The molecule has 0 aromatic rings. The number of nitriles is 1. The fourth-order valence-electron chi connectivity index (χ4n) is 4.24. The van der Waals surface area contributed by atoms with Gasteiger partial charge < -0.3 is 0 Å². The molecule has 4 atom stereocenters. The first kappa shape index (κ1) is 10.6. The van der Waals surface area contributed by atoms with E-state index in [9.17, 15) is 5.26 Å². The van der Waals surface area contributed by atoms with Crippen LogP contribution in [-0.4, -0.2) is 24.0 Å². The smallest absolute Gasteiger partial charge is 0.0672 e. The van der Waals surface area contributed by atoms with Gasteiger partial charge in [0.2, 0.25) is 0 Å². The van der Waals surface area contributed by atoms with Crippen molar-refractivity contribution in [3.63, 3.8) is 0 Å². The van der Waals surface area contributed by atoms with Gasteiger partial charge in [-0.15, -0.1) is 0 Å². The topological polar surface area (TPSA) is 27.0 Å². The molecule has 88 valence electrons. The van der Waals surface area contributed by atoms with Crippen LogP contribution in [0.15, 0.2) is 0 Å². The summed E-state index contributed by atoms with van der Waals surface area (Å²) < 4.78 is 0. The Morgan fingerprint density at radius 3 is 2.25 bits per heavy atom. The van der Waals surface area contributed by atoms with Gasteiger partial charge in [0, 0.05) is 19.1 Å². The van der Waals surface area contributed by atoms with Crippen LogP contribution in [0.5, 0.6) is 0 Å². The van der Waals surface area contributed by atoms with E-state index in [4.69, 9.17) is 0 Å². The highest BCUT2D eigenvalue weighted by molar-refractivity contribution is 4.99. The summed E-state index contributed by atoms with van der Waals surface area (Å²) in [5, 5.41) is 9.25. The van der Waals surface area contributed by atoms with Gasteiger partial charge in [0.1, 0.15) is 0 Å². The molecule has 0 amide bonds. The molecule has 2 saturated carbocycles. The Kier molecular flexibility index (Phi) is 2.90. The second-order valence-corrected chi connectivity index (χ2v) is 5.99. The molecule has 0 bridgehead atoms. The highest BCUT2D eigenvalue weighted by Crippen LogP contribution is 2.41. The molecule has 1 saturated heterocycles. The Morgan fingerprint density at radius 1 is 0.875 bits per heavy atom. The predicted molar refractivity (Wildman–Crippen MR) is 63.8 cm³/mol. The van der Waals surface area contributed by atoms with Crippen molar-refractivity contribution in [2.24, 2.45) is 17.8 Å². The lowest BCUT2D eigenvalue weighted by Gasteiger charge is -2.35. The molecule has 0 radical (unpaired) electrons. The molecule has 16 heavy (non-hydrogen) atoms. The van der Waals surface area contributed by atoms with E-state index in [1.165, 1.54) is 51.6 Å². The first-order valence-electron chi connectivity index (χ1n) is 7.02.